The van der Waals surface area contributed by atoms with Gasteiger partial charge >= 0.3 is 5.97 Å². The summed E-state index contributed by atoms with van der Waals surface area (Å²) in [6.07, 6.45) is 18.0. The van der Waals surface area contributed by atoms with E-state index in [2.05, 4.69) is 13.8 Å². The summed E-state index contributed by atoms with van der Waals surface area (Å²) >= 11 is 0. The Bertz CT molecular complexity index is 508. The Labute approximate surface area is 257 Å². The molecule has 0 spiro atoms. The van der Waals surface area contributed by atoms with Crippen LogP contribution in [0.4, 0.5) is 0 Å². The summed E-state index contributed by atoms with van der Waals surface area (Å²) in [4.78, 5) is 11.6. The summed E-state index contributed by atoms with van der Waals surface area (Å²) in [5, 5.41) is 0. The van der Waals surface area contributed by atoms with E-state index in [1.807, 2.05) is 0 Å². The van der Waals surface area contributed by atoms with Crippen molar-refractivity contribution in [3.63, 3.8) is 0 Å². The fourth-order valence-corrected chi connectivity index (χ4v) is 4.10. The van der Waals surface area contributed by atoms with Gasteiger partial charge < -0.3 is 37.9 Å². The SMILES string of the molecule is CCCCCCCCCCOCCOCCOCCOCCOCCOCCOCCOC(=O)CCCCCCCC. The van der Waals surface area contributed by atoms with Crippen LogP contribution in [0, 0.1) is 0 Å². The zero-order valence-electron chi connectivity index (χ0n) is 27.4. The van der Waals surface area contributed by atoms with Gasteiger partial charge in [0.25, 0.3) is 0 Å². The number of rotatable bonds is 37. The highest BCUT2D eigenvalue weighted by Crippen LogP contribution is 2.09. The molecular formula is C33H66O9. The van der Waals surface area contributed by atoms with E-state index in [9.17, 15) is 4.79 Å². The van der Waals surface area contributed by atoms with Crippen LogP contribution in [0.25, 0.3) is 0 Å². The first-order chi connectivity index (χ1) is 20.8. The minimum atomic E-state index is -0.135. The van der Waals surface area contributed by atoms with Crippen molar-refractivity contribution in [2.24, 2.45) is 0 Å². The van der Waals surface area contributed by atoms with Gasteiger partial charge in [0.1, 0.15) is 6.61 Å². The molecule has 252 valence electrons. The lowest BCUT2D eigenvalue weighted by Crippen LogP contribution is -2.15. The topological polar surface area (TPSA) is 90.9 Å². The number of carbonyl (C=O) groups is 1. The van der Waals surface area contributed by atoms with Crippen LogP contribution in [0.15, 0.2) is 0 Å². The van der Waals surface area contributed by atoms with Crippen LogP contribution in [0.2, 0.25) is 0 Å². The molecule has 0 rings (SSSR count). The van der Waals surface area contributed by atoms with E-state index in [-0.39, 0.29) is 5.97 Å². The summed E-state index contributed by atoms with van der Waals surface area (Å²) in [5.41, 5.74) is 0. The molecule has 0 aliphatic heterocycles. The molecule has 0 aliphatic carbocycles. The zero-order chi connectivity index (χ0) is 30.4. The standard InChI is InChI=1S/C33H66O9/c1-3-5-7-9-11-12-14-16-18-35-19-20-36-21-22-37-23-24-38-25-26-39-27-28-40-29-30-41-31-32-42-33(34)17-15-13-10-8-6-4-2/h3-32H2,1-2H3. The Morgan fingerprint density at radius 2 is 0.619 bits per heavy atom. The average Bonchev–Trinajstić information content (AvgIpc) is 3.00. The van der Waals surface area contributed by atoms with E-state index in [1.54, 1.807) is 0 Å². The second-order valence-corrected chi connectivity index (χ2v) is 10.5. The largest absolute Gasteiger partial charge is 0.463 e. The first-order valence-electron chi connectivity index (χ1n) is 17.0. The molecule has 0 aliphatic rings. The van der Waals surface area contributed by atoms with Gasteiger partial charge in [0.2, 0.25) is 0 Å². The van der Waals surface area contributed by atoms with Gasteiger partial charge in [-0.25, -0.2) is 0 Å². The fraction of sp³-hybridized carbons (Fsp3) is 0.970. The minimum Gasteiger partial charge on any atom is -0.463 e. The van der Waals surface area contributed by atoms with Gasteiger partial charge in [-0.2, -0.15) is 0 Å². The summed E-state index contributed by atoms with van der Waals surface area (Å²) in [7, 11) is 0. The highest BCUT2D eigenvalue weighted by Gasteiger charge is 2.02. The third-order valence-corrected chi connectivity index (χ3v) is 6.60. The zero-order valence-corrected chi connectivity index (χ0v) is 27.4. The van der Waals surface area contributed by atoms with Crippen LogP contribution in [0.5, 0.6) is 0 Å². The Hall–Kier alpha value is -0.810. The molecule has 9 nitrogen and oxygen atoms in total. The molecule has 42 heavy (non-hydrogen) atoms. The summed E-state index contributed by atoms with van der Waals surface area (Å²) in [6, 6.07) is 0. The number of esters is 1. The molecule has 0 aromatic rings. The van der Waals surface area contributed by atoms with Gasteiger partial charge in [0.05, 0.1) is 85.9 Å². The molecule has 0 radical (unpaired) electrons. The Morgan fingerprint density at radius 1 is 0.333 bits per heavy atom. The van der Waals surface area contributed by atoms with Crippen LogP contribution in [-0.4, -0.2) is 105 Å². The molecule has 0 N–H and O–H groups in total. The predicted molar refractivity (Wildman–Crippen MR) is 167 cm³/mol. The second-order valence-electron chi connectivity index (χ2n) is 10.5. The molecule has 0 fully saturated rings. The number of carbonyl (C=O) groups excluding carboxylic acids is 1. The van der Waals surface area contributed by atoms with Crippen molar-refractivity contribution in [1.82, 2.24) is 0 Å². The number of hydrogen-bond donors (Lipinski definition) is 0. The third-order valence-electron chi connectivity index (χ3n) is 6.60. The second kappa shape index (κ2) is 38.2. The van der Waals surface area contributed by atoms with Crippen molar-refractivity contribution >= 4 is 5.97 Å². The molecule has 0 bridgehead atoms. The summed E-state index contributed by atoms with van der Waals surface area (Å²) in [5.74, 6) is -0.135. The van der Waals surface area contributed by atoms with Gasteiger partial charge in [-0.15, -0.1) is 0 Å². The Morgan fingerprint density at radius 3 is 1.00 bits per heavy atom. The first-order valence-corrected chi connectivity index (χ1v) is 17.0. The molecule has 0 unspecified atom stereocenters. The lowest BCUT2D eigenvalue weighted by molar-refractivity contribution is -0.145. The maximum Gasteiger partial charge on any atom is 0.305 e. The quantitative estimate of drug-likeness (QED) is 0.0578. The van der Waals surface area contributed by atoms with Crippen molar-refractivity contribution in [2.45, 2.75) is 110 Å². The highest BCUT2D eigenvalue weighted by molar-refractivity contribution is 5.69. The fourth-order valence-electron chi connectivity index (χ4n) is 4.10. The first kappa shape index (κ1) is 41.2. The normalized spacial score (nSPS) is 11.4. The molecule has 0 aromatic carbocycles. The Kier molecular flexibility index (Phi) is 37.5. The van der Waals surface area contributed by atoms with Gasteiger partial charge in [-0.05, 0) is 12.8 Å². The smallest absolute Gasteiger partial charge is 0.305 e. The van der Waals surface area contributed by atoms with Gasteiger partial charge in [0, 0.05) is 13.0 Å². The van der Waals surface area contributed by atoms with Crippen LogP contribution in [0.3, 0.4) is 0 Å². The van der Waals surface area contributed by atoms with Crippen LogP contribution < -0.4 is 0 Å². The van der Waals surface area contributed by atoms with Crippen LogP contribution >= 0.6 is 0 Å². The molecule has 0 saturated carbocycles. The lowest BCUT2D eigenvalue weighted by Gasteiger charge is -2.09. The van der Waals surface area contributed by atoms with E-state index >= 15 is 0 Å². The Balaban J connectivity index is 3.09. The van der Waals surface area contributed by atoms with E-state index < -0.39 is 0 Å². The maximum absolute atomic E-state index is 11.6. The minimum absolute atomic E-state index is 0.135. The van der Waals surface area contributed by atoms with Crippen molar-refractivity contribution in [2.75, 3.05) is 99.1 Å². The average molecular weight is 607 g/mol. The summed E-state index contributed by atoms with van der Waals surface area (Å²) in [6.45, 7) is 12.5. The van der Waals surface area contributed by atoms with Gasteiger partial charge in [-0.1, -0.05) is 90.9 Å². The molecule has 0 amide bonds. The molecule has 0 saturated heterocycles. The van der Waals surface area contributed by atoms with E-state index in [0.29, 0.717) is 98.9 Å². The summed E-state index contributed by atoms with van der Waals surface area (Å²) < 4.78 is 43.7. The molecule has 0 heterocycles. The van der Waals surface area contributed by atoms with E-state index in [1.165, 1.54) is 70.6 Å². The molecule has 9 heteroatoms. The monoisotopic (exact) mass is 606 g/mol. The maximum atomic E-state index is 11.6. The van der Waals surface area contributed by atoms with E-state index in [0.717, 1.165) is 25.9 Å². The van der Waals surface area contributed by atoms with Crippen molar-refractivity contribution in [3.8, 4) is 0 Å². The lowest BCUT2D eigenvalue weighted by atomic mass is 10.1. The predicted octanol–water partition coefficient (Wildman–Crippen LogP) is 6.54. The number of unbranched alkanes of at least 4 members (excludes halogenated alkanes) is 12. The van der Waals surface area contributed by atoms with Crippen molar-refractivity contribution in [3.05, 3.63) is 0 Å². The van der Waals surface area contributed by atoms with Crippen molar-refractivity contribution in [1.29, 1.82) is 0 Å². The van der Waals surface area contributed by atoms with Gasteiger partial charge in [0.15, 0.2) is 0 Å². The van der Waals surface area contributed by atoms with Gasteiger partial charge in [-0.3, -0.25) is 4.79 Å². The number of hydrogen-bond acceptors (Lipinski definition) is 9. The van der Waals surface area contributed by atoms with E-state index in [4.69, 9.17) is 37.9 Å². The van der Waals surface area contributed by atoms with Crippen LogP contribution in [0.1, 0.15) is 110 Å². The molecule has 0 aromatic heterocycles. The highest BCUT2D eigenvalue weighted by atomic mass is 16.6. The van der Waals surface area contributed by atoms with Crippen molar-refractivity contribution < 1.29 is 42.7 Å². The third kappa shape index (κ3) is 37.2. The molecule has 0 atom stereocenters. The number of ether oxygens (including phenoxy) is 8. The van der Waals surface area contributed by atoms with Crippen LogP contribution in [-0.2, 0) is 42.7 Å². The molecular weight excluding hydrogens is 540 g/mol.